The summed E-state index contributed by atoms with van der Waals surface area (Å²) in [5.74, 6) is 6.44. The first-order valence-corrected chi connectivity index (χ1v) is 6.46. The van der Waals surface area contributed by atoms with Crippen LogP contribution in [0.2, 0.25) is 0 Å². The van der Waals surface area contributed by atoms with Crippen LogP contribution in [-0.2, 0) is 6.42 Å². The quantitative estimate of drug-likeness (QED) is 0.619. The van der Waals surface area contributed by atoms with E-state index < -0.39 is 0 Å². The number of hydrogen-bond acceptors (Lipinski definition) is 2. The topological polar surface area (TPSA) is 38.0 Å². The summed E-state index contributed by atoms with van der Waals surface area (Å²) >= 11 is 0. The van der Waals surface area contributed by atoms with E-state index in [0.29, 0.717) is 17.4 Å². The minimum atomic E-state index is 0.408. The Labute approximate surface area is 105 Å². The Kier molecular flexibility index (Phi) is 3.28. The minimum absolute atomic E-state index is 0.408. The van der Waals surface area contributed by atoms with E-state index in [9.17, 15) is 0 Å². The van der Waals surface area contributed by atoms with Crippen molar-refractivity contribution in [2.24, 2.45) is 17.2 Å². The van der Waals surface area contributed by atoms with Crippen LogP contribution < -0.4 is 11.3 Å². The zero-order chi connectivity index (χ0) is 12.6. The molecule has 94 valence electrons. The zero-order valence-corrected chi connectivity index (χ0v) is 11.4. The molecule has 0 spiro atoms. The molecule has 0 bridgehead atoms. The normalized spacial score (nSPS) is 23.5. The monoisotopic (exact) mass is 232 g/mol. The summed E-state index contributed by atoms with van der Waals surface area (Å²) < 4.78 is 0. The smallest absolute Gasteiger partial charge is 0.0284 e. The van der Waals surface area contributed by atoms with Crippen molar-refractivity contribution < 1.29 is 0 Å². The number of nitrogens with one attached hydrogen (secondary N) is 1. The average molecular weight is 232 g/mol. The van der Waals surface area contributed by atoms with Crippen LogP contribution in [0.1, 0.15) is 37.0 Å². The molecule has 1 aromatic carbocycles. The fraction of sp³-hybridized carbons (Fsp3) is 0.600. The first-order valence-electron chi connectivity index (χ1n) is 6.46. The van der Waals surface area contributed by atoms with E-state index in [2.05, 4.69) is 51.3 Å². The molecule has 1 fully saturated rings. The van der Waals surface area contributed by atoms with Crippen LogP contribution in [0.4, 0.5) is 0 Å². The van der Waals surface area contributed by atoms with Gasteiger partial charge in [0.05, 0.1) is 0 Å². The van der Waals surface area contributed by atoms with E-state index in [0.717, 1.165) is 6.42 Å². The van der Waals surface area contributed by atoms with Crippen molar-refractivity contribution in [3.8, 4) is 0 Å². The molecule has 2 atom stereocenters. The third-order valence-electron chi connectivity index (χ3n) is 4.23. The van der Waals surface area contributed by atoms with Gasteiger partial charge < -0.3 is 0 Å². The van der Waals surface area contributed by atoms with E-state index in [-0.39, 0.29) is 0 Å². The second kappa shape index (κ2) is 4.43. The zero-order valence-electron chi connectivity index (χ0n) is 11.4. The lowest BCUT2D eigenvalue weighted by molar-refractivity contribution is 0.408. The van der Waals surface area contributed by atoms with Gasteiger partial charge in [0, 0.05) is 6.04 Å². The summed E-state index contributed by atoms with van der Waals surface area (Å²) in [7, 11) is 0. The molecule has 2 unspecified atom stereocenters. The van der Waals surface area contributed by atoms with Gasteiger partial charge in [0.25, 0.3) is 0 Å². The fourth-order valence-electron chi connectivity index (χ4n) is 2.77. The Balaban J connectivity index is 2.11. The van der Waals surface area contributed by atoms with Gasteiger partial charge >= 0.3 is 0 Å². The highest BCUT2D eigenvalue weighted by Gasteiger charge is 2.49. The van der Waals surface area contributed by atoms with Crippen molar-refractivity contribution in [2.75, 3.05) is 0 Å². The number of hydrazine groups is 1. The molecule has 17 heavy (non-hydrogen) atoms. The molecule has 2 heteroatoms. The van der Waals surface area contributed by atoms with Gasteiger partial charge in [-0.05, 0) is 49.1 Å². The highest BCUT2D eigenvalue weighted by atomic mass is 15.2. The van der Waals surface area contributed by atoms with E-state index in [1.807, 2.05) is 0 Å². The lowest BCUT2D eigenvalue weighted by atomic mass is 9.94. The van der Waals surface area contributed by atoms with Crippen molar-refractivity contribution >= 4 is 0 Å². The highest BCUT2D eigenvalue weighted by molar-refractivity contribution is 5.31. The van der Waals surface area contributed by atoms with Crippen molar-refractivity contribution in [2.45, 2.75) is 46.6 Å². The maximum atomic E-state index is 5.72. The van der Waals surface area contributed by atoms with E-state index in [1.165, 1.54) is 23.1 Å². The molecule has 0 aromatic heterocycles. The molecule has 0 radical (unpaired) electrons. The Morgan fingerprint density at radius 2 is 2.06 bits per heavy atom. The largest absolute Gasteiger partial charge is 0.271 e. The summed E-state index contributed by atoms with van der Waals surface area (Å²) in [6.45, 7) is 8.98. The van der Waals surface area contributed by atoms with Crippen molar-refractivity contribution in [1.82, 2.24) is 5.43 Å². The Morgan fingerprint density at radius 1 is 1.41 bits per heavy atom. The molecule has 1 aliphatic rings. The molecule has 0 amide bonds. The molecule has 2 nitrogen and oxygen atoms in total. The summed E-state index contributed by atoms with van der Waals surface area (Å²) in [5.41, 5.74) is 7.61. The SMILES string of the molecule is Cc1ccc(C)c(CC(NN)C2CC2(C)C)c1. The van der Waals surface area contributed by atoms with Gasteiger partial charge in [-0.3, -0.25) is 11.3 Å². The van der Waals surface area contributed by atoms with Crippen LogP contribution in [0, 0.1) is 25.2 Å². The Hall–Kier alpha value is -0.860. The van der Waals surface area contributed by atoms with Crippen molar-refractivity contribution in [1.29, 1.82) is 0 Å². The molecule has 3 N–H and O–H groups in total. The van der Waals surface area contributed by atoms with Crippen molar-refractivity contribution in [3.63, 3.8) is 0 Å². The van der Waals surface area contributed by atoms with Gasteiger partial charge in [0.1, 0.15) is 0 Å². The lowest BCUT2D eigenvalue weighted by Crippen LogP contribution is -2.39. The maximum absolute atomic E-state index is 5.72. The van der Waals surface area contributed by atoms with Gasteiger partial charge in [0.2, 0.25) is 0 Å². The van der Waals surface area contributed by atoms with Crippen LogP contribution >= 0.6 is 0 Å². The molecule has 1 saturated carbocycles. The van der Waals surface area contributed by atoms with E-state index >= 15 is 0 Å². The third-order valence-corrected chi connectivity index (χ3v) is 4.23. The third kappa shape index (κ3) is 2.70. The molecular weight excluding hydrogens is 208 g/mol. The van der Waals surface area contributed by atoms with Gasteiger partial charge in [-0.25, -0.2) is 0 Å². The Morgan fingerprint density at radius 3 is 2.59 bits per heavy atom. The molecule has 1 aromatic rings. The van der Waals surface area contributed by atoms with Crippen molar-refractivity contribution in [3.05, 3.63) is 34.9 Å². The molecular formula is C15H24N2. The minimum Gasteiger partial charge on any atom is -0.271 e. The second-order valence-electron chi connectivity index (χ2n) is 6.21. The molecule has 0 aliphatic heterocycles. The molecule has 0 saturated heterocycles. The molecule has 2 rings (SSSR count). The van der Waals surface area contributed by atoms with Crippen LogP contribution in [0.15, 0.2) is 18.2 Å². The number of rotatable bonds is 4. The van der Waals surface area contributed by atoms with Crippen LogP contribution in [0.5, 0.6) is 0 Å². The number of hydrogen-bond donors (Lipinski definition) is 2. The van der Waals surface area contributed by atoms with Crippen LogP contribution in [0.25, 0.3) is 0 Å². The Bertz CT molecular complexity index is 409. The van der Waals surface area contributed by atoms with Crippen LogP contribution in [0.3, 0.4) is 0 Å². The summed E-state index contributed by atoms with van der Waals surface area (Å²) in [4.78, 5) is 0. The summed E-state index contributed by atoms with van der Waals surface area (Å²) in [6, 6.07) is 7.07. The van der Waals surface area contributed by atoms with E-state index in [4.69, 9.17) is 5.84 Å². The summed E-state index contributed by atoms with van der Waals surface area (Å²) in [6.07, 6.45) is 2.32. The second-order valence-corrected chi connectivity index (χ2v) is 6.21. The maximum Gasteiger partial charge on any atom is 0.0284 e. The predicted octanol–water partition coefficient (Wildman–Crippen LogP) is 2.72. The van der Waals surface area contributed by atoms with Gasteiger partial charge in [0.15, 0.2) is 0 Å². The fourth-order valence-corrected chi connectivity index (χ4v) is 2.77. The lowest BCUT2D eigenvalue weighted by Gasteiger charge is -2.19. The van der Waals surface area contributed by atoms with Crippen LogP contribution in [-0.4, -0.2) is 6.04 Å². The molecule has 1 aliphatic carbocycles. The average Bonchev–Trinajstić information content (AvgIpc) is 2.89. The van der Waals surface area contributed by atoms with Gasteiger partial charge in [-0.2, -0.15) is 0 Å². The van der Waals surface area contributed by atoms with Gasteiger partial charge in [-0.1, -0.05) is 37.6 Å². The number of aryl methyl sites for hydroxylation is 2. The molecule has 0 heterocycles. The predicted molar refractivity (Wildman–Crippen MR) is 72.6 cm³/mol. The first-order chi connectivity index (χ1) is 7.94. The first kappa shape index (κ1) is 12.6. The number of benzene rings is 1. The highest BCUT2D eigenvalue weighted by Crippen LogP contribution is 2.53. The van der Waals surface area contributed by atoms with E-state index in [1.54, 1.807) is 0 Å². The standard InChI is InChI=1S/C15H24N2/c1-10-5-6-11(2)12(7-10)8-14(17-16)13-9-15(13,3)4/h5-7,13-14,17H,8-9,16H2,1-4H3. The number of nitrogens with two attached hydrogens (primary N) is 1. The summed E-state index contributed by atoms with van der Waals surface area (Å²) in [5, 5.41) is 0. The van der Waals surface area contributed by atoms with Gasteiger partial charge in [-0.15, -0.1) is 0 Å².